The second-order valence-corrected chi connectivity index (χ2v) is 6.40. The normalized spacial score (nSPS) is 17.8. The van der Waals surface area contributed by atoms with Crippen LogP contribution in [0, 0.1) is 5.92 Å². The van der Waals surface area contributed by atoms with E-state index in [0.717, 1.165) is 25.8 Å². The lowest BCUT2D eigenvalue weighted by Gasteiger charge is -2.23. The maximum atomic E-state index is 12.4. The van der Waals surface area contributed by atoms with E-state index in [2.05, 4.69) is 33.1 Å². The number of hydrogen-bond donors (Lipinski definition) is 4. The van der Waals surface area contributed by atoms with Gasteiger partial charge >= 0.3 is 0 Å². The molecular formula is C17H28N6O4. The summed E-state index contributed by atoms with van der Waals surface area (Å²) in [5.41, 5.74) is 5.37. The molecule has 2 heterocycles. The summed E-state index contributed by atoms with van der Waals surface area (Å²) in [6.07, 6.45) is 5.07. The van der Waals surface area contributed by atoms with Crippen molar-refractivity contribution in [2.24, 2.45) is 5.92 Å². The Bertz CT molecular complexity index is 597. The van der Waals surface area contributed by atoms with Gasteiger partial charge in [0.1, 0.15) is 11.9 Å². The smallest absolute Gasteiger partial charge is 0.243 e. The molecule has 0 radical (unpaired) electrons. The van der Waals surface area contributed by atoms with E-state index in [1.165, 1.54) is 0 Å². The van der Waals surface area contributed by atoms with Gasteiger partial charge in [0.05, 0.1) is 19.1 Å². The molecule has 0 aromatic carbocycles. The molecule has 4 N–H and O–H groups in total. The standard InChI is InChI=1S/C17H28N6O4/c1-2-3-4-5-13(11-23(26)12-24)17(25)22-21-15-6-7-19-16(20-15)14-10-18-8-9-27-14/h6-7,12-14,18,26H,2-5,8-11H2,1H3,(H,22,25)(H,19,20,21)/t13?,14-/m1/s1. The topological polar surface area (TPSA) is 129 Å². The van der Waals surface area contributed by atoms with Crippen LogP contribution in [0.3, 0.4) is 0 Å². The maximum absolute atomic E-state index is 12.4. The highest BCUT2D eigenvalue weighted by Gasteiger charge is 2.21. The molecular weight excluding hydrogens is 352 g/mol. The van der Waals surface area contributed by atoms with E-state index in [-0.39, 0.29) is 18.6 Å². The number of nitrogens with zero attached hydrogens (tertiary/aromatic N) is 3. The van der Waals surface area contributed by atoms with Gasteiger partial charge in [0.25, 0.3) is 0 Å². The molecule has 1 aromatic rings. The molecule has 1 unspecified atom stereocenters. The Morgan fingerprint density at radius 3 is 3.11 bits per heavy atom. The number of carbonyl (C=O) groups excluding carboxylic acids is 2. The largest absolute Gasteiger partial charge is 0.368 e. The number of nitrogens with one attached hydrogen (secondary N) is 3. The Kier molecular flexibility index (Phi) is 8.89. The third kappa shape index (κ3) is 7.08. The number of morpholine rings is 1. The number of aromatic nitrogens is 2. The van der Waals surface area contributed by atoms with Crippen molar-refractivity contribution in [2.75, 3.05) is 31.7 Å². The molecule has 150 valence electrons. The molecule has 0 saturated carbocycles. The minimum Gasteiger partial charge on any atom is -0.368 e. The second-order valence-electron chi connectivity index (χ2n) is 6.40. The van der Waals surface area contributed by atoms with Gasteiger partial charge in [-0.15, -0.1) is 0 Å². The molecule has 27 heavy (non-hydrogen) atoms. The van der Waals surface area contributed by atoms with Crippen LogP contribution in [0.4, 0.5) is 5.82 Å². The fraction of sp³-hybridized carbons (Fsp3) is 0.647. The summed E-state index contributed by atoms with van der Waals surface area (Å²) in [7, 11) is 0. The number of hydrazine groups is 1. The van der Waals surface area contributed by atoms with Crippen molar-refractivity contribution in [3.63, 3.8) is 0 Å². The SMILES string of the molecule is CCCCCC(CN(O)C=O)C(=O)NNc1ccnc([C@H]2CNCCO2)n1. The van der Waals surface area contributed by atoms with Crippen molar-refractivity contribution in [2.45, 2.75) is 38.7 Å². The zero-order chi connectivity index (χ0) is 19.5. The molecule has 0 aliphatic carbocycles. The Morgan fingerprint density at radius 1 is 1.56 bits per heavy atom. The van der Waals surface area contributed by atoms with E-state index in [1.807, 2.05) is 0 Å². The van der Waals surface area contributed by atoms with E-state index >= 15 is 0 Å². The molecule has 2 amide bonds. The van der Waals surface area contributed by atoms with E-state index < -0.39 is 5.92 Å². The zero-order valence-corrected chi connectivity index (χ0v) is 15.6. The highest BCUT2D eigenvalue weighted by atomic mass is 16.5. The van der Waals surface area contributed by atoms with E-state index in [9.17, 15) is 14.8 Å². The van der Waals surface area contributed by atoms with E-state index in [4.69, 9.17) is 4.74 Å². The number of hydrogen-bond acceptors (Lipinski definition) is 8. The lowest BCUT2D eigenvalue weighted by atomic mass is 10.0. The number of unbranched alkanes of at least 4 members (excludes halogenated alkanes) is 2. The van der Waals surface area contributed by atoms with Crippen molar-refractivity contribution in [1.29, 1.82) is 0 Å². The summed E-state index contributed by atoms with van der Waals surface area (Å²) in [4.78, 5) is 31.7. The molecule has 0 bridgehead atoms. The van der Waals surface area contributed by atoms with Gasteiger partial charge in [0, 0.05) is 25.4 Å². The van der Waals surface area contributed by atoms with Crippen LogP contribution in [-0.4, -0.2) is 58.8 Å². The first-order valence-corrected chi connectivity index (χ1v) is 9.26. The van der Waals surface area contributed by atoms with Crippen LogP contribution in [0.25, 0.3) is 0 Å². The van der Waals surface area contributed by atoms with Crippen molar-refractivity contribution in [3.8, 4) is 0 Å². The summed E-state index contributed by atoms with van der Waals surface area (Å²) < 4.78 is 5.62. The number of hydroxylamine groups is 2. The fourth-order valence-corrected chi connectivity index (χ4v) is 2.77. The Balaban J connectivity index is 1.91. The van der Waals surface area contributed by atoms with Crippen LogP contribution in [0.2, 0.25) is 0 Å². The summed E-state index contributed by atoms with van der Waals surface area (Å²) in [6, 6.07) is 1.63. The van der Waals surface area contributed by atoms with Crippen molar-refractivity contribution < 1.29 is 19.5 Å². The van der Waals surface area contributed by atoms with Crippen LogP contribution in [0.15, 0.2) is 12.3 Å². The van der Waals surface area contributed by atoms with Crippen LogP contribution >= 0.6 is 0 Å². The van der Waals surface area contributed by atoms with Crippen LogP contribution in [0.1, 0.15) is 44.5 Å². The summed E-state index contributed by atoms with van der Waals surface area (Å²) in [6.45, 7) is 4.03. The highest BCUT2D eigenvalue weighted by molar-refractivity contribution is 5.80. The predicted molar refractivity (Wildman–Crippen MR) is 97.5 cm³/mol. The molecule has 1 saturated heterocycles. The fourth-order valence-electron chi connectivity index (χ4n) is 2.77. The molecule has 0 spiro atoms. The first-order valence-electron chi connectivity index (χ1n) is 9.26. The summed E-state index contributed by atoms with van der Waals surface area (Å²) in [5.74, 6) is 0.128. The minimum atomic E-state index is -0.522. The number of anilines is 1. The van der Waals surface area contributed by atoms with Crippen LogP contribution in [0.5, 0.6) is 0 Å². The van der Waals surface area contributed by atoms with Gasteiger partial charge in [-0.3, -0.25) is 25.6 Å². The van der Waals surface area contributed by atoms with E-state index in [0.29, 0.717) is 42.7 Å². The quantitative estimate of drug-likeness (QED) is 0.190. The summed E-state index contributed by atoms with van der Waals surface area (Å²) >= 11 is 0. The van der Waals surface area contributed by atoms with Crippen molar-refractivity contribution in [3.05, 3.63) is 18.1 Å². The maximum Gasteiger partial charge on any atom is 0.243 e. The number of rotatable bonds is 11. The first-order chi connectivity index (χ1) is 13.1. The third-order valence-corrected chi connectivity index (χ3v) is 4.26. The third-order valence-electron chi connectivity index (χ3n) is 4.26. The number of amides is 2. The van der Waals surface area contributed by atoms with Crippen LogP contribution in [-0.2, 0) is 14.3 Å². The average Bonchev–Trinajstić information content (AvgIpc) is 2.72. The molecule has 2 atom stereocenters. The van der Waals surface area contributed by atoms with Crippen molar-refractivity contribution >= 4 is 18.1 Å². The molecule has 1 aliphatic rings. The van der Waals surface area contributed by atoms with E-state index in [1.54, 1.807) is 12.3 Å². The number of carbonyl (C=O) groups is 2. The predicted octanol–water partition coefficient (Wildman–Crippen LogP) is 0.625. The second kappa shape index (κ2) is 11.4. The van der Waals surface area contributed by atoms with Gasteiger partial charge in [-0.25, -0.2) is 15.0 Å². The lowest BCUT2D eigenvalue weighted by molar-refractivity contribution is -0.154. The molecule has 1 aliphatic heterocycles. The average molecular weight is 380 g/mol. The lowest BCUT2D eigenvalue weighted by Crippen LogP contribution is -2.40. The molecule has 1 aromatic heterocycles. The van der Waals surface area contributed by atoms with Crippen molar-refractivity contribution in [1.82, 2.24) is 25.8 Å². The molecule has 10 heteroatoms. The number of ether oxygens (including phenoxy) is 1. The van der Waals surface area contributed by atoms with Gasteiger partial charge in [0.15, 0.2) is 5.82 Å². The molecule has 10 nitrogen and oxygen atoms in total. The van der Waals surface area contributed by atoms with Gasteiger partial charge < -0.3 is 10.1 Å². The zero-order valence-electron chi connectivity index (χ0n) is 15.6. The highest BCUT2D eigenvalue weighted by Crippen LogP contribution is 2.16. The monoisotopic (exact) mass is 380 g/mol. The van der Waals surface area contributed by atoms with Crippen LogP contribution < -0.4 is 16.2 Å². The molecule has 2 rings (SSSR count). The van der Waals surface area contributed by atoms with Gasteiger partial charge in [0.2, 0.25) is 12.3 Å². The van der Waals surface area contributed by atoms with Gasteiger partial charge in [-0.05, 0) is 6.42 Å². The Hall–Kier alpha value is -2.30. The van der Waals surface area contributed by atoms with Gasteiger partial charge in [-0.2, -0.15) is 0 Å². The van der Waals surface area contributed by atoms with Gasteiger partial charge in [-0.1, -0.05) is 26.2 Å². The Labute approximate surface area is 158 Å². The first kappa shape index (κ1) is 21.0. The molecule has 1 fully saturated rings. The Morgan fingerprint density at radius 2 is 2.41 bits per heavy atom. The minimum absolute atomic E-state index is 0.0582. The summed E-state index contributed by atoms with van der Waals surface area (Å²) in [5, 5.41) is 13.1.